The van der Waals surface area contributed by atoms with E-state index in [9.17, 15) is 0 Å². The maximum Gasteiger partial charge on any atom is 0.251 e. The molecule has 3 rings (SSSR count). The Labute approximate surface area is 130 Å². The molecule has 0 amide bonds. The van der Waals surface area contributed by atoms with Gasteiger partial charge in [-0.05, 0) is 34.5 Å². The quantitative estimate of drug-likeness (QED) is 0.789. The topological polar surface area (TPSA) is 77.8 Å². The maximum atomic E-state index is 6.36. The van der Waals surface area contributed by atoms with E-state index in [-0.39, 0.29) is 0 Å². The number of hydrogen-bond acceptors (Lipinski definition) is 5. The number of halogens is 1. The van der Waals surface area contributed by atoms with Gasteiger partial charge in [-0.15, -0.1) is 0 Å². The number of nitrogens with two attached hydrogens (primary N) is 1. The van der Waals surface area contributed by atoms with Crippen molar-refractivity contribution in [2.75, 3.05) is 0 Å². The van der Waals surface area contributed by atoms with Crippen molar-refractivity contribution < 1.29 is 4.52 Å². The van der Waals surface area contributed by atoms with Crippen molar-refractivity contribution in [1.82, 2.24) is 15.1 Å². The summed E-state index contributed by atoms with van der Waals surface area (Å²) in [6, 6.07) is 11.5. The molecule has 0 aliphatic rings. The minimum Gasteiger partial charge on any atom is -0.337 e. The van der Waals surface area contributed by atoms with Crippen LogP contribution < -0.4 is 5.73 Å². The minimum atomic E-state index is -0.841. The van der Waals surface area contributed by atoms with Crippen LogP contribution in [0.25, 0.3) is 11.4 Å². The molecule has 0 saturated carbocycles. The van der Waals surface area contributed by atoms with Crippen molar-refractivity contribution in [3.8, 4) is 11.4 Å². The van der Waals surface area contributed by atoms with Gasteiger partial charge < -0.3 is 10.3 Å². The molecule has 0 fully saturated rings. The Kier molecular flexibility index (Phi) is 3.57. The van der Waals surface area contributed by atoms with E-state index in [0.717, 1.165) is 15.6 Å². The van der Waals surface area contributed by atoms with Gasteiger partial charge in [0.1, 0.15) is 5.54 Å². The Hall–Kier alpha value is -2.05. The van der Waals surface area contributed by atoms with Crippen LogP contribution in [0.4, 0.5) is 0 Å². The van der Waals surface area contributed by atoms with Gasteiger partial charge in [0.15, 0.2) is 0 Å². The van der Waals surface area contributed by atoms with Crippen LogP contribution in [-0.4, -0.2) is 15.1 Å². The van der Waals surface area contributed by atoms with E-state index in [4.69, 9.17) is 10.3 Å². The lowest BCUT2D eigenvalue weighted by Gasteiger charge is -2.20. The molecule has 0 aliphatic heterocycles. The summed E-state index contributed by atoms with van der Waals surface area (Å²) in [5, 5.41) is 3.99. The number of rotatable bonds is 3. The Bertz CT molecular complexity index is 755. The molecule has 1 unspecified atom stereocenters. The van der Waals surface area contributed by atoms with Crippen LogP contribution in [0.1, 0.15) is 18.4 Å². The van der Waals surface area contributed by atoms with Gasteiger partial charge >= 0.3 is 0 Å². The summed E-state index contributed by atoms with van der Waals surface area (Å²) in [7, 11) is 0. The molecule has 0 radical (unpaired) electrons. The Balaban J connectivity index is 1.98. The molecule has 21 heavy (non-hydrogen) atoms. The summed E-state index contributed by atoms with van der Waals surface area (Å²) < 4.78 is 6.20. The predicted molar refractivity (Wildman–Crippen MR) is 82.3 cm³/mol. The van der Waals surface area contributed by atoms with Crippen LogP contribution in [-0.2, 0) is 5.54 Å². The van der Waals surface area contributed by atoms with Crippen molar-refractivity contribution >= 4 is 15.9 Å². The van der Waals surface area contributed by atoms with Crippen molar-refractivity contribution in [1.29, 1.82) is 0 Å². The Morgan fingerprint density at radius 3 is 2.67 bits per heavy atom. The first-order valence-electron chi connectivity index (χ1n) is 6.37. The summed E-state index contributed by atoms with van der Waals surface area (Å²) in [6.07, 6.45) is 3.37. The first-order chi connectivity index (χ1) is 10.1. The fraction of sp³-hybridized carbons (Fsp3) is 0.133. The zero-order chi connectivity index (χ0) is 14.9. The van der Waals surface area contributed by atoms with E-state index in [2.05, 4.69) is 31.1 Å². The summed E-state index contributed by atoms with van der Waals surface area (Å²) in [4.78, 5) is 8.50. The second-order valence-electron chi connectivity index (χ2n) is 4.88. The van der Waals surface area contributed by atoms with Gasteiger partial charge in [-0.2, -0.15) is 4.98 Å². The fourth-order valence-corrected chi connectivity index (χ4v) is 2.36. The molecule has 2 aromatic heterocycles. The molecular weight excluding hydrogens is 332 g/mol. The minimum absolute atomic E-state index is 0.365. The van der Waals surface area contributed by atoms with Crippen molar-refractivity contribution in [2.45, 2.75) is 12.5 Å². The molecule has 6 heteroatoms. The monoisotopic (exact) mass is 344 g/mol. The molecule has 1 atom stereocenters. The average Bonchev–Trinajstić information content (AvgIpc) is 2.99. The summed E-state index contributed by atoms with van der Waals surface area (Å²) in [6.45, 7) is 1.85. The zero-order valence-corrected chi connectivity index (χ0v) is 12.9. The lowest BCUT2D eigenvalue weighted by molar-refractivity contribution is 0.325. The standard InChI is InChI=1S/C15H13BrN4O/c1-15(17,11-5-3-2-4-6-11)14-19-13(20-21-14)10-7-12(16)9-18-8-10/h2-9H,17H2,1H3. The van der Waals surface area contributed by atoms with E-state index in [1.54, 1.807) is 12.4 Å². The first kappa shape index (κ1) is 13.9. The number of benzene rings is 1. The van der Waals surface area contributed by atoms with Crippen molar-refractivity contribution in [2.24, 2.45) is 5.73 Å². The normalized spacial score (nSPS) is 13.9. The number of hydrogen-bond donors (Lipinski definition) is 1. The van der Waals surface area contributed by atoms with E-state index in [1.807, 2.05) is 43.3 Å². The molecule has 106 valence electrons. The van der Waals surface area contributed by atoms with Crippen LogP contribution in [0.3, 0.4) is 0 Å². The maximum absolute atomic E-state index is 6.36. The van der Waals surface area contributed by atoms with Gasteiger partial charge in [-0.3, -0.25) is 4.98 Å². The lowest BCUT2D eigenvalue weighted by atomic mass is 9.93. The molecule has 1 aromatic carbocycles. The van der Waals surface area contributed by atoms with Crippen molar-refractivity contribution in [3.05, 3.63) is 64.7 Å². The largest absolute Gasteiger partial charge is 0.337 e. The second-order valence-corrected chi connectivity index (χ2v) is 5.80. The zero-order valence-electron chi connectivity index (χ0n) is 11.3. The van der Waals surface area contributed by atoms with Gasteiger partial charge in [0.2, 0.25) is 5.82 Å². The summed E-state index contributed by atoms with van der Waals surface area (Å²) >= 11 is 3.37. The highest BCUT2D eigenvalue weighted by Gasteiger charge is 2.30. The highest BCUT2D eigenvalue weighted by Crippen LogP contribution is 2.27. The number of nitrogens with zero attached hydrogens (tertiary/aromatic N) is 3. The molecule has 0 aliphatic carbocycles. The van der Waals surface area contributed by atoms with Crippen LogP contribution >= 0.6 is 15.9 Å². The van der Waals surface area contributed by atoms with Crippen LogP contribution in [0.2, 0.25) is 0 Å². The van der Waals surface area contributed by atoms with Crippen molar-refractivity contribution in [3.63, 3.8) is 0 Å². The highest BCUT2D eigenvalue weighted by atomic mass is 79.9. The Morgan fingerprint density at radius 1 is 1.19 bits per heavy atom. The number of aromatic nitrogens is 3. The predicted octanol–water partition coefficient (Wildman–Crippen LogP) is 3.12. The molecule has 0 bridgehead atoms. The third kappa shape index (κ3) is 2.72. The van der Waals surface area contributed by atoms with Crippen LogP contribution in [0, 0.1) is 0 Å². The molecule has 5 nitrogen and oxygen atoms in total. The van der Waals surface area contributed by atoms with E-state index in [1.165, 1.54) is 0 Å². The van der Waals surface area contributed by atoms with Crippen LogP contribution in [0.15, 0.2) is 57.8 Å². The van der Waals surface area contributed by atoms with Gasteiger partial charge in [0.25, 0.3) is 5.89 Å². The molecule has 0 spiro atoms. The smallest absolute Gasteiger partial charge is 0.251 e. The molecule has 2 N–H and O–H groups in total. The highest BCUT2D eigenvalue weighted by molar-refractivity contribution is 9.10. The average molecular weight is 345 g/mol. The van der Waals surface area contributed by atoms with E-state index in [0.29, 0.717) is 11.7 Å². The van der Waals surface area contributed by atoms with E-state index >= 15 is 0 Å². The SMILES string of the molecule is CC(N)(c1ccccc1)c1nc(-c2cncc(Br)c2)no1. The molecular formula is C15H13BrN4O. The first-order valence-corrected chi connectivity index (χ1v) is 7.16. The second kappa shape index (κ2) is 5.38. The number of pyridine rings is 1. The third-order valence-corrected chi connectivity index (χ3v) is 3.64. The molecule has 2 heterocycles. The van der Waals surface area contributed by atoms with E-state index < -0.39 is 5.54 Å². The summed E-state index contributed by atoms with van der Waals surface area (Å²) in [5.74, 6) is 0.829. The Morgan fingerprint density at radius 2 is 1.95 bits per heavy atom. The van der Waals surface area contributed by atoms with Gasteiger partial charge in [-0.1, -0.05) is 35.5 Å². The lowest BCUT2D eigenvalue weighted by Crippen LogP contribution is -2.34. The van der Waals surface area contributed by atoms with Gasteiger partial charge in [-0.25, -0.2) is 0 Å². The van der Waals surface area contributed by atoms with Gasteiger partial charge in [0.05, 0.1) is 0 Å². The summed E-state index contributed by atoms with van der Waals surface area (Å²) in [5.41, 5.74) is 7.19. The third-order valence-electron chi connectivity index (χ3n) is 3.21. The molecule has 3 aromatic rings. The van der Waals surface area contributed by atoms with Crippen LogP contribution in [0.5, 0.6) is 0 Å². The van der Waals surface area contributed by atoms with Gasteiger partial charge in [0, 0.05) is 22.4 Å². The fourth-order valence-electron chi connectivity index (χ4n) is 1.99. The molecule has 0 saturated heterocycles.